The van der Waals surface area contributed by atoms with Crippen molar-refractivity contribution in [1.29, 1.82) is 0 Å². The molecule has 33 heavy (non-hydrogen) atoms. The molecule has 172 valence electrons. The number of carbonyl (C=O) groups excluding carboxylic acids is 1. The molecule has 7 rings (SSSR count). The second kappa shape index (κ2) is 6.74. The predicted molar refractivity (Wildman–Crippen MR) is 115 cm³/mol. The summed E-state index contributed by atoms with van der Waals surface area (Å²) in [6, 6.07) is 10.9. The summed E-state index contributed by atoms with van der Waals surface area (Å²) in [6.07, 6.45) is -0.229. The molecule has 4 saturated carbocycles. The molecular formula is C25H22F4N2O2. The summed E-state index contributed by atoms with van der Waals surface area (Å²) < 4.78 is 58.1. The fourth-order valence-corrected chi connectivity index (χ4v) is 5.51. The van der Waals surface area contributed by atoms with Gasteiger partial charge in [-0.2, -0.15) is 13.2 Å². The van der Waals surface area contributed by atoms with Gasteiger partial charge >= 0.3 is 6.18 Å². The van der Waals surface area contributed by atoms with E-state index in [1.54, 1.807) is 18.3 Å². The van der Waals surface area contributed by atoms with Crippen LogP contribution in [0, 0.1) is 5.41 Å². The smallest absolute Gasteiger partial charge is 0.416 e. The van der Waals surface area contributed by atoms with Crippen LogP contribution in [0.3, 0.4) is 0 Å². The Labute approximate surface area is 187 Å². The predicted octanol–water partition coefficient (Wildman–Crippen LogP) is 6.34. The number of fused-ring (bicyclic) bond motifs is 1. The number of hydrogen-bond acceptors (Lipinski definition) is 2. The zero-order valence-electron chi connectivity index (χ0n) is 17.6. The van der Waals surface area contributed by atoms with Gasteiger partial charge in [0.25, 0.3) is 0 Å². The van der Waals surface area contributed by atoms with E-state index in [4.69, 9.17) is 4.74 Å². The van der Waals surface area contributed by atoms with Crippen LogP contribution in [-0.2, 0) is 11.0 Å². The lowest BCUT2D eigenvalue weighted by molar-refractivity contribution is -0.209. The zero-order valence-corrected chi connectivity index (χ0v) is 17.6. The van der Waals surface area contributed by atoms with Gasteiger partial charge in [0, 0.05) is 17.1 Å². The van der Waals surface area contributed by atoms with E-state index in [9.17, 15) is 22.4 Å². The molecule has 2 aromatic carbocycles. The molecule has 8 heteroatoms. The van der Waals surface area contributed by atoms with Crippen LogP contribution in [0.25, 0.3) is 10.9 Å². The van der Waals surface area contributed by atoms with E-state index in [-0.39, 0.29) is 17.9 Å². The quantitative estimate of drug-likeness (QED) is 0.438. The molecular weight excluding hydrogens is 436 g/mol. The highest BCUT2D eigenvalue weighted by Gasteiger charge is 2.72. The molecule has 4 aliphatic carbocycles. The summed E-state index contributed by atoms with van der Waals surface area (Å²) in [7, 11) is 0. The third kappa shape index (κ3) is 3.38. The van der Waals surface area contributed by atoms with Gasteiger partial charge in [-0.05, 0) is 73.9 Å². The average molecular weight is 458 g/mol. The van der Waals surface area contributed by atoms with Crippen LogP contribution in [0.4, 0.5) is 23.2 Å². The molecule has 4 fully saturated rings. The van der Waals surface area contributed by atoms with Crippen LogP contribution in [0.5, 0.6) is 5.75 Å². The molecule has 4 aliphatic rings. The number of amides is 1. The van der Waals surface area contributed by atoms with Gasteiger partial charge in [-0.15, -0.1) is 0 Å². The average Bonchev–Trinajstić information content (AvgIpc) is 3.08. The first-order chi connectivity index (χ1) is 15.6. The van der Waals surface area contributed by atoms with Crippen molar-refractivity contribution in [2.24, 2.45) is 5.41 Å². The molecule has 0 atom stereocenters. The summed E-state index contributed by atoms with van der Waals surface area (Å²) in [5, 5.41) is 3.76. The van der Waals surface area contributed by atoms with Crippen LogP contribution in [0.2, 0.25) is 0 Å². The maximum absolute atomic E-state index is 13.8. The number of rotatable bonds is 5. The standard InChI is InChI=1S/C25H22F4N2O2/c26-24-11-23(12-24,13-24)22(32)31-21-10-30-20-6-5-17(9-19(20)21)33-18-7-15(8-18)14-1-3-16(4-2-14)25(27,28)29/h1-6,9-10,15,18,30H,7-8,11-13H2,(H,31,32)/t15-,18+,23?,24?. The van der Waals surface area contributed by atoms with E-state index in [1.165, 1.54) is 0 Å². The Hall–Kier alpha value is -3.03. The van der Waals surface area contributed by atoms with Crippen LogP contribution in [0.1, 0.15) is 49.1 Å². The Morgan fingerprint density at radius 1 is 1.06 bits per heavy atom. The monoisotopic (exact) mass is 458 g/mol. The lowest BCUT2D eigenvalue weighted by Gasteiger charge is -2.64. The Morgan fingerprint density at radius 2 is 1.76 bits per heavy atom. The van der Waals surface area contributed by atoms with Gasteiger partial charge in [0.2, 0.25) is 5.91 Å². The van der Waals surface area contributed by atoms with Crippen molar-refractivity contribution in [2.75, 3.05) is 5.32 Å². The zero-order chi connectivity index (χ0) is 23.0. The molecule has 1 amide bonds. The molecule has 2 bridgehead atoms. The number of benzene rings is 2. The van der Waals surface area contributed by atoms with Gasteiger partial charge in [0.05, 0.1) is 22.8 Å². The van der Waals surface area contributed by atoms with Crippen molar-refractivity contribution in [3.05, 3.63) is 59.8 Å². The number of aromatic nitrogens is 1. The third-order valence-corrected chi connectivity index (χ3v) is 7.46. The second-order valence-electron chi connectivity index (χ2n) is 9.85. The van der Waals surface area contributed by atoms with Crippen LogP contribution < -0.4 is 10.1 Å². The first kappa shape index (κ1) is 20.6. The van der Waals surface area contributed by atoms with E-state index >= 15 is 0 Å². The molecule has 0 saturated heterocycles. The van der Waals surface area contributed by atoms with Crippen LogP contribution >= 0.6 is 0 Å². The van der Waals surface area contributed by atoms with Crippen molar-refractivity contribution in [2.45, 2.75) is 56.0 Å². The lowest BCUT2D eigenvalue weighted by atomic mass is 9.42. The number of anilines is 1. The molecule has 2 N–H and O–H groups in total. The number of halogens is 4. The van der Waals surface area contributed by atoms with E-state index < -0.39 is 22.8 Å². The molecule has 1 heterocycles. The van der Waals surface area contributed by atoms with Gasteiger partial charge in [-0.25, -0.2) is 4.39 Å². The van der Waals surface area contributed by atoms with E-state index in [0.717, 1.165) is 41.4 Å². The normalized spacial score (nSPS) is 30.2. The van der Waals surface area contributed by atoms with Crippen LogP contribution in [0.15, 0.2) is 48.7 Å². The van der Waals surface area contributed by atoms with Gasteiger partial charge in [0.15, 0.2) is 0 Å². The fraction of sp³-hybridized carbons (Fsp3) is 0.400. The van der Waals surface area contributed by atoms with Gasteiger partial charge in [-0.1, -0.05) is 12.1 Å². The minimum absolute atomic E-state index is 0.0201. The summed E-state index contributed by atoms with van der Waals surface area (Å²) in [6.45, 7) is 0. The summed E-state index contributed by atoms with van der Waals surface area (Å²) in [5.41, 5.74) is 0.0744. The number of H-pyrrole nitrogens is 1. The minimum atomic E-state index is -4.33. The van der Waals surface area contributed by atoms with E-state index in [2.05, 4.69) is 10.3 Å². The second-order valence-corrected chi connectivity index (χ2v) is 9.85. The minimum Gasteiger partial charge on any atom is -0.490 e. The van der Waals surface area contributed by atoms with Crippen molar-refractivity contribution >= 4 is 22.5 Å². The fourth-order valence-electron chi connectivity index (χ4n) is 5.51. The number of carbonyl (C=O) groups is 1. The van der Waals surface area contributed by atoms with Gasteiger partial charge < -0.3 is 15.0 Å². The molecule has 0 aliphatic heterocycles. The molecule has 4 nitrogen and oxygen atoms in total. The maximum atomic E-state index is 13.8. The summed E-state index contributed by atoms with van der Waals surface area (Å²) >= 11 is 0. The molecule has 0 spiro atoms. The number of nitrogens with one attached hydrogen (secondary N) is 2. The Bertz CT molecular complexity index is 1220. The maximum Gasteiger partial charge on any atom is 0.416 e. The third-order valence-electron chi connectivity index (χ3n) is 7.46. The van der Waals surface area contributed by atoms with Gasteiger partial charge in [0.1, 0.15) is 11.4 Å². The Balaban J connectivity index is 1.09. The number of ether oxygens (including phenoxy) is 1. The van der Waals surface area contributed by atoms with Gasteiger partial charge in [-0.3, -0.25) is 4.79 Å². The topological polar surface area (TPSA) is 54.1 Å². The number of alkyl halides is 4. The molecule has 0 radical (unpaired) electrons. The van der Waals surface area contributed by atoms with Crippen molar-refractivity contribution in [3.8, 4) is 5.75 Å². The number of hydrogen-bond donors (Lipinski definition) is 2. The van der Waals surface area contributed by atoms with Crippen LogP contribution in [-0.4, -0.2) is 22.7 Å². The summed E-state index contributed by atoms with van der Waals surface area (Å²) in [4.78, 5) is 15.7. The molecule has 3 aromatic rings. The van der Waals surface area contributed by atoms with Crippen molar-refractivity contribution in [1.82, 2.24) is 4.98 Å². The molecule has 0 unspecified atom stereocenters. The number of aromatic amines is 1. The van der Waals surface area contributed by atoms with Crippen molar-refractivity contribution in [3.63, 3.8) is 0 Å². The highest BCUT2D eigenvalue weighted by Crippen LogP contribution is 2.69. The van der Waals surface area contributed by atoms with E-state index in [1.807, 2.05) is 18.2 Å². The highest BCUT2D eigenvalue weighted by molar-refractivity contribution is 6.05. The lowest BCUT2D eigenvalue weighted by Crippen LogP contribution is -2.68. The van der Waals surface area contributed by atoms with E-state index in [0.29, 0.717) is 30.7 Å². The largest absolute Gasteiger partial charge is 0.490 e. The first-order valence-corrected chi connectivity index (χ1v) is 11.1. The molecule has 1 aromatic heterocycles. The SMILES string of the molecule is O=C(Nc1c[nH]c2ccc(O[C@H]3C[C@@H](c4ccc(C(F)(F)F)cc4)C3)cc12)C12CC(F)(C1)C2. The Morgan fingerprint density at radius 3 is 2.39 bits per heavy atom. The Kier molecular flexibility index (Phi) is 4.20. The summed E-state index contributed by atoms with van der Waals surface area (Å²) in [5.74, 6) is 0.712. The van der Waals surface area contributed by atoms with Crippen molar-refractivity contribution < 1.29 is 27.1 Å². The highest BCUT2D eigenvalue weighted by atomic mass is 19.4. The first-order valence-electron chi connectivity index (χ1n) is 11.1.